The summed E-state index contributed by atoms with van der Waals surface area (Å²) in [6.07, 6.45) is 4.00. The lowest BCUT2D eigenvalue weighted by Gasteiger charge is -2.41. The van der Waals surface area contributed by atoms with Crippen molar-refractivity contribution in [1.82, 2.24) is 4.98 Å². The summed E-state index contributed by atoms with van der Waals surface area (Å²) in [6.45, 7) is 11.4. The molecule has 0 fully saturated rings. The standard InChI is InChI=1S/C24H27NO2/c1-6-27-22(26)21-12-10-18(16-25-21)8-7-17-9-11-19-20(15-17)24(4,5)14-13-23(19,2)3/h9-12,15-16H,6,13-14H2,1-5H3. The Labute approximate surface area is 162 Å². The Morgan fingerprint density at radius 1 is 1.00 bits per heavy atom. The summed E-state index contributed by atoms with van der Waals surface area (Å²) in [5, 5.41) is 0. The second kappa shape index (κ2) is 7.19. The molecule has 3 nitrogen and oxygen atoms in total. The maximum absolute atomic E-state index is 11.7. The van der Waals surface area contributed by atoms with Crippen molar-refractivity contribution >= 4 is 5.97 Å². The van der Waals surface area contributed by atoms with E-state index >= 15 is 0 Å². The van der Waals surface area contributed by atoms with E-state index in [-0.39, 0.29) is 10.8 Å². The first-order valence-corrected chi connectivity index (χ1v) is 9.53. The summed E-state index contributed by atoms with van der Waals surface area (Å²) in [4.78, 5) is 15.8. The van der Waals surface area contributed by atoms with Crippen molar-refractivity contribution in [3.8, 4) is 11.8 Å². The lowest BCUT2D eigenvalue weighted by Crippen LogP contribution is -2.33. The SMILES string of the molecule is CCOC(=O)c1ccc(C#Cc2ccc3c(c2)C(C)(C)CCC3(C)C)cn1. The number of ether oxygens (including phenoxy) is 1. The van der Waals surface area contributed by atoms with Crippen LogP contribution in [0.2, 0.25) is 0 Å². The van der Waals surface area contributed by atoms with E-state index in [4.69, 9.17) is 4.74 Å². The minimum atomic E-state index is -0.406. The molecule has 3 rings (SSSR count). The zero-order valence-electron chi connectivity index (χ0n) is 16.8. The number of aromatic nitrogens is 1. The summed E-state index contributed by atoms with van der Waals surface area (Å²) in [6, 6.07) is 10.0. The molecular weight excluding hydrogens is 334 g/mol. The van der Waals surface area contributed by atoms with E-state index in [0.29, 0.717) is 12.3 Å². The van der Waals surface area contributed by atoms with Crippen LogP contribution in [0.15, 0.2) is 36.5 Å². The van der Waals surface area contributed by atoms with Gasteiger partial charge >= 0.3 is 5.97 Å². The first-order valence-electron chi connectivity index (χ1n) is 9.53. The highest BCUT2D eigenvalue weighted by Gasteiger charge is 2.36. The second-order valence-corrected chi connectivity index (χ2v) is 8.43. The van der Waals surface area contributed by atoms with Gasteiger partial charge in [-0.2, -0.15) is 0 Å². The molecule has 1 heterocycles. The van der Waals surface area contributed by atoms with Gasteiger partial charge in [-0.1, -0.05) is 45.6 Å². The third kappa shape index (κ3) is 4.06. The van der Waals surface area contributed by atoms with Crippen LogP contribution in [0.5, 0.6) is 0 Å². The second-order valence-electron chi connectivity index (χ2n) is 8.43. The van der Waals surface area contributed by atoms with Gasteiger partial charge in [0, 0.05) is 17.3 Å². The van der Waals surface area contributed by atoms with E-state index in [9.17, 15) is 4.79 Å². The average Bonchev–Trinajstić information content (AvgIpc) is 2.64. The Morgan fingerprint density at radius 2 is 1.63 bits per heavy atom. The van der Waals surface area contributed by atoms with Gasteiger partial charge in [-0.15, -0.1) is 0 Å². The summed E-state index contributed by atoms with van der Waals surface area (Å²) in [7, 11) is 0. The molecule has 0 saturated heterocycles. The van der Waals surface area contributed by atoms with Crippen molar-refractivity contribution in [3.63, 3.8) is 0 Å². The summed E-state index contributed by atoms with van der Waals surface area (Å²) >= 11 is 0. The van der Waals surface area contributed by atoms with E-state index in [1.54, 1.807) is 25.3 Å². The van der Waals surface area contributed by atoms with E-state index in [0.717, 1.165) is 11.1 Å². The van der Waals surface area contributed by atoms with Crippen LogP contribution in [0.3, 0.4) is 0 Å². The monoisotopic (exact) mass is 361 g/mol. The third-order valence-corrected chi connectivity index (χ3v) is 5.45. The predicted octanol–water partition coefficient (Wildman–Crippen LogP) is 5.01. The maximum Gasteiger partial charge on any atom is 0.356 e. The van der Waals surface area contributed by atoms with Gasteiger partial charge in [-0.05, 0) is 66.0 Å². The molecule has 0 spiro atoms. The first kappa shape index (κ1) is 19.2. The predicted molar refractivity (Wildman–Crippen MR) is 108 cm³/mol. The van der Waals surface area contributed by atoms with Crippen molar-refractivity contribution in [2.24, 2.45) is 0 Å². The van der Waals surface area contributed by atoms with Gasteiger partial charge in [-0.25, -0.2) is 9.78 Å². The molecule has 0 amide bonds. The van der Waals surface area contributed by atoms with E-state index < -0.39 is 5.97 Å². The summed E-state index contributed by atoms with van der Waals surface area (Å²) < 4.78 is 4.95. The van der Waals surface area contributed by atoms with Crippen molar-refractivity contribution < 1.29 is 9.53 Å². The Morgan fingerprint density at radius 3 is 2.26 bits per heavy atom. The number of rotatable bonds is 2. The van der Waals surface area contributed by atoms with Gasteiger partial charge < -0.3 is 4.74 Å². The topological polar surface area (TPSA) is 39.2 Å². The van der Waals surface area contributed by atoms with Crippen LogP contribution in [0.25, 0.3) is 0 Å². The number of benzene rings is 1. The number of pyridine rings is 1. The van der Waals surface area contributed by atoms with E-state index in [1.165, 1.54) is 24.0 Å². The molecule has 1 aliphatic rings. The average molecular weight is 361 g/mol. The minimum absolute atomic E-state index is 0.172. The molecule has 0 aliphatic heterocycles. The van der Waals surface area contributed by atoms with Crippen LogP contribution in [-0.2, 0) is 15.6 Å². The largest absolute Gasteiger partial charge is 0.461 e. The fourth-order valence-electron chi connectivity index (χ4n) is 3.60. The molecule has 140 valence electrons. The van der Waals surface area contributed by atoms with Gasteiger partial charge in [0.05, 0.1) is 6.61 Å². The van der Waals surface area contributed by atoms with Crippen molar-refractivity contribution in [3.05, 3.63) is 64.5 Å². The number of esters is 1. The fraction of sp³-hybridized carbons (Fsp3) is 0.417. The lowest BCUT2D eigenvalue weighted by molar-refractivity contribution is 0.0519. The quantitative estimate of drug-likeness (QED) is 0.558. The van der Waals surface area contributed by atoms with Gasteiger partial charge in [0.25, 0.3) is 0 Å². The number of hydrogen-bond acceptors (Lipinski definition) is 3. The Hall–Kier alpha value is -2.60. The molecule has 1 aromatic heterocycles. The highest BCUT2D eigenvalue weighted by atomic mass is 16.5. The number of carbonyl (C=O) groups is 1. The molecule has 1 aromatic carbocycles. The fourth-order valence-corrected chi connectivity index (χ4v) is 3.60. The molecule has 0 unspecified atom stereocenters. The molecular formula is C24H27NO2. The zero-order chi connectivity index (χ0) is 19.7. The highest BCUT2D eigenvalue weighted by Crippen LogP contribution is 2.45. The Balaban J connectivity index is 1.87. The molecule has 2 aromatic rings. The van der Waals surface area contributed by atoms with E-state index in [2.05, 4.69) is 62.7 Å². The summed E-state index contributed by atoms with van der Waals surface area (Å²) in [5.74, 6) is 5.99. The lowest BCUT2D eigenvalue weighted by atomic mass is 9.63. The third-order valence-electron chi connectivity index (χ3n) is 5.45. The van der Waals surface area contributed by atoms with Crippen LogP contribution in [0.4, 0.5) is 0 Å². The van der Waals surface area contributed by atoms with Gasteiger partial charge in [0.1, 0.15) is 5.69 Å². The van der Waals surface area contributed by atoms with Gasteiger partial charge in [-0.3, -0.25) is 0 Å². The summed E-state index contributed by atoms with van der Waals surface area (Å²) in [5.41, 5.74) is 5.32. The molecule has 0 N–H and O–H groups in total. The van der Waals surface area contributed by atoms with Crippen molar-refractivity contribution in [2.45, 2.75) is 58.3 Å². The molecule has 0 radical (unpaired) electrons. The van der Waals surface area contributed by atoms with Crippen molar-refractivity contribution in [1.29, 1.82) is 0 Å². The normalized spacial score (nSPS) is 16.6. The Kier molecular flexibility index (Phi) is 5.11. The first-order chi connectivity index (χ1) is 12.7. The van der Waals surface area contributed by atoms with Gasteiger partial charge in [0.2, 0.25) is 0 Å². The zero-order valence-corrected chi connectivity index (χ0v) is 16.8. The van der Waals surface area contributed by atoms with E-state index in [1.807, 2.05) is 0 Å². The maximum atomic E-state index is 11.7. The number of hydrogen-bond donors (Lipinski definition) is 0. The Bertz CT molecular complexity index is 912. The number of fused-ring (bicyclic) bond motifs is 1. The minimum Gasteiger partial charge on any atom is -0.461 e. The van der Waals surface area contributed by atoms with Crippen LogP contribution < -0.4 is 0 Å². The molecule has 3 heteroatoms. The molecule has 0 bridgehead atoms. The van der Waals surface area contributed by atoms with Crippen LogP contribution in [0, 0.1) is 11.8 Å². The molecule has 0 atom stereocenters. The number of nitrogens with zero attached hydrogens (tertiary/aromatic N) is 1. The van der Waals surface area contributed by atoms with Gasteiger partial charge in [0.15, 0.2) is 0 Å². The smallest absolute Gasteiger partial charge is 0.356 e. The van der Waals surface area contributed by atoms with Crippen LogP contribution >= 0.6 is 0 Å². The molecule has 0 saturated carbocycles. The molecule has 1 aliphatic carbocycles. The number of carbonyl (C=O) groups excluding carboxylic acids is 1. The van der Waals surface area contributed by atoms with Crippen LogP contribution in [-0.4, -0.2) is 17.6 Å². The molecule has 27 heavy (non-hydrogen) atoms. The van der Waals surface area contributed by atoms with Crippen molar-refractivity contribution in [2.75, 3.05) is 6.61 Å². The van der Waals surface area contributed by atoms with Crippen LogP contribution in [0.1, 0.15) is 80.2 Å². The highest BCUT2D eigenvalue weighted by molar-refractivity contribution is 5.87.